The molecule has 0 spiro atoms. The van der Waals surface area contributed by atoms with Crippen LogP contribution in [0.25, 0.3) is 0 Å². The van der Waals surface area contributed by atoms with Gasteiger partial charge < -0.3 is 10.2 Å². The molecule has 4 heteroatoms. The van der Waals surface area contributed by atoms with Crippen LogP contribution in [0.15, 0.2) is 24.3 Å². The van der Waals surface area contributed by atoms with Gasteiger partial charge in [0.15, 0.2) is 0 Å². The standard InChI is InChI=1S/C10H11FN2O/c11-9-3-1-2-8(6-9)7-13-5-4-12-10(13)14/h1-3,6H,4-5,7H2,(H,12,14). The molecule has 0 unspecified atom stereocenters. The average molecular weight is 194 g/mol. The van der Waals surface area contributed by atoms with Crippen molar-refractivity contribution >= 4 is 6.03 Å². The van der Waals surface area contributed by atoms with Crippen LogP contribution in [-0.4, -0.2) is 24.0 Å². The highest BCUT2D eigenvalue weighted by molar-refractivity contribution is 5.76. The van der Waals surface area contributed by atoms with E-state index in [9.17, 15) is 9.18 Å². The van der Waals surface area contributed by atoms with Crippen molar-refractivity contribution in [3.8, 4) is 0 Å². The van der Waals surface area contributed by atoms with Crippen molar-refractivity contribution in [1.29, 1.82) is 0 Å². The van der Waals surface area contributed by atoms with E-state index in [2.05, 4.69) is 5.32 Å². The van der Waals surface area contributed by atoms with Crippen molar-refractivity contribution in [2.24, 2.45) is 0 Å². The summed E-state index contributed by atoms with van der Waals surface area (Å²) in [5.74, 6) is -0.262. The van der Waals surface area contributed by atoms with Crippen molar-refractivity contribution < 1.29 is 9.18 Å². The van der Waals surface area contributed by atoms with Gasteiger partial charge in [-0.1, -0.05) is 12.1 Å². The Hall–Kier alpha value is -1.58. The van der Waals surface area contributed by atoms with Gasteiger partial charge in [-0.15, -0.1) is 0 Å². The minimum Gasteiger partial charge on any atom is -0.336 e. The van der Waals surface area contributed by atoms with Gasteiger partial charge in [-0.2, -0.15) is 0 Å². The van der Waals surface area contributed by atoms with Gasteiger partial charge in [0.25, 0.3) is 0 Å². The Labute approximate surface area is 81.5 Å². The highest BCUT2D eigenvalue weighted by Crippen LogP contribution is 2.08. The van der Waals surface area contributed by atoms with E-state index in [4.69, 9.17) is 0 Å². The van der Waals surface area contributed by atoms with Crippen LogP contribution in [0, 0.1) is 5.82 Å². The van der Waals surface area contributed by atoms with Crippen molar-refractivity contribution in [2.75, 3.05) is 13.1 Å². The fourth-order valence-corrected chi connectivity index (χ4v) is 1.52. The largest absolute Gasteiger partial charge is 0.336 e. The predicted molar refractivity (Wildman–Crippen MR) is 50.2 cm³/mol. The number of nitrogens with one attached hydrogen (secondary N) is 1. The van der Waals surface area contributed by atoms with Crippen LogP contribution in [0.5, 0.6) is 0 Å². The van der Waals surface area contributed by atoms with Gasteiger partial charge in [-0.3, -0.25) is 0 Å². The first-order valence-corrected chi connectivity index (χ1v) is 4.53. The molecule has 74 valence electrons. The number of carbonyl (C=O) groups excluding carboxylic acids is 1. The lowest BCUT2D eigenvalue weighted by atomic mass is 10.2. The molecule has 1 N–H and O–H groups in total. The molecule has 3 nitrogen and oxygen atoms in total. The summed E-state index contributed by atoms with van der Waals surface area (Å²) < 4.78 is 12.8. The van der Waals surface area contributed by atoms with Crippen LogP contribution < -0.4 is 5.32 Å². The lowest BCUT2D eigenvalue weighted by Crippen LogP contribution is -2.27. The molecule has 1 aromatic carbocycles. The lowest BCUT2D eigenvalue weighted by Gasteiger charge is -2.13. The third-order valence-electron chi connectivity index (χ3n) is 2.21. The first-order chi connectivity index (χ1) is 6.75. The van der Waals surface area contributed by atoms with E-state index in [0.29, 0.717) is 19.6 Å². The Morgan fingerprint density at radius 2 is 2.36 bits per heavy atom. The van der Waals surface area contributed by atoms with Gasteiger partial charge >= 0.3 is 6.03 Å². The molecule has 1 fully saturated rings. The minimum atomic E-state index is -0.262. The Morgan fingerprint density at radius 1 is 1.50 bits per heavy atom. The molecule has 1 aliphatic heterocycles. The molecule has 2 rings (SSSR count). The van der Waals surface area contributed by atoms with Crippen LogP contribution in [-0.2, 0) is 6.54 Å². The normalized spacial score (nSPS) is 15.8. The summed E-state index contributed by atoms with van der Waals surface area (Å²) in [6, 6.07) is 6.24. The molecule has 1 saturated heterocycles. The molecule has 0 aliphatic carbocycles. The van der Waals surface area contributed by atoms with Gasteiger partial charge in [0.2, 0.25) is 0 Å². The molecule has 0 saturated carbocycles. The van der Waals surface area contributed by atoms with Crippen LogP contribution in [0.3, 0.4) is 0 Å². The maximum atomic E-state index is 12.8. The smallest absolute Gasteiger partial charge is 0.317 e. The second kappa shape index (κ2) is 3.65. The van der Waals surface area contributed by atoms with Gasteiger partial charge in [0, 0.05) is 19.6 Å². The van der Waals surface area contributed by atoms with E-state index in [1.165, 1.54) is 12.1 Å². The topological polar surface area (TPSA) is 32.3 Å². The van der Waals surface area contributed by atoms with Crippen molar-refractivity contribution in [3.63, 3.8) is 0 Å². The van der Waals surface area contributed by atoms with E-state index in [1.54, 1.807) is 11.0 Å². The van der Waals surface area contributed by atoms with Gasteiger partial charge in [-0.25, -0.2) is 9.18 Å². The summed E-state index contributed by atoms with van der Waals surface area (Å²) in [5, 5.41) is 2.70. The van der Waals surface area contributed by atoms with E-state index < -0.39 is 0 Å². The number of nitrogens with zero attached hydrogens (tertiary/aromatic N) is 1. The Kier molecular flexibility index (Phi) is 2.35. The summed E-state index contributed by atoms with van der Waals surface area (Å²) in [5.41, 5.74) is 0.821. The van der Waals surface area contributed by atoms with Crippen molar-refractivity contribution in [1.82, 2.24) is 10.2 Å². The predicted octanol–water partition coefficient (Wildman–Crippen LogP) is 1.35. The molecular formula is C10H11FN2O. The molecule has 0 aromatic heterocycles. The Morgan fingerprint density at radius 3 is 3.00 bits per heavy atom. The second-order valence-corrected chi connectivity index (χ2v) is 3.28. The van der Waals surface area contributed by atoms with E-state index >= 15 is 0 Å². The number of benzene rings is 1. The minimum absolute atomic E-state index is 0.0748. The van der Waals surface area contributed by atoms with Gasteiger partial charge in [-0.05, 0) is 17.7 Å². The monoisotopic (exact) mass is 194 g/mol. The molecule has 14 heavy (non-hydrogen) atoms. The SMILES string of the molecule is O=C1NCCN1Cc1cccc(F)c1. The Balaban J connectivity index is 2.07. The zero-order chi connectivity index (χ0) is 9.97. The number of hydrogen-bond donors (Lipinski definition) is 1. The third-order valence-corrected chi connectivity index (χ3v) is 2.21. The van der Waals surface area contributed by atoms with Crippen LogP contribution in [0.2, 0.25) is 0 Å². The quantitative estimate of drug-likeness (QED) is 0.757. The van der Waals surface area contributed by atoms with E-state index in [-0.39, 0.29) is 11.8 Å². The van der Waals surface area contributed by atoms with E-state index in [1.807, 2.05) is 6.07 Å². The molecule has 0 bridgehead atoms. The van der Waals surface area contributed by atoms with Crippen LogP contribution in [0.4, 0.5) is 9.18 Å². The fraction of sp³-hybridized carbons (Fsp3) is 0.300. The fourth-order valence-electron chi connectivity index (χ4n) is 1.52. The molecule has 1 heterocycles. The van der Waals surface area contributed by atoms with Crippen molar-refractivity contribution in [2.45, 2.75) is 6.54 Å². The van der Waals surface area contributed by atoms with Crippen LogP contribution >= 0.6 is 0 Å². The first kappa shape index (κ1) is 8.99. The number of urea groups is 1. The zero-order valence-corrected chi connectivity index (χ0v) is 7.66. The summed E-state index contributed by atoms with van der Waals surface area (Å²) in [7, 11) is 0. The number of halogens is 1. The summed E-state index contributed by atoms with van der Waals surface area (Å²) in [4.78, 5) is 12.8. The Bertz CT molecular complexity index is 354. The molecule has 1 aromatic rings. The highest BCUT2D eigenvalue weighted by Gasteiger charge is 2.19. The summed E-state index contributed by atoms with van der Waals surface area (Å²) in [6.07, 6.45) is 0. The molecular weight excluding hydrogens is 183 g/mol. The maximum Gasteiger partial charge on any atom is 0.317 e. The number of amides is 2. The zero-order valence-electron chi connectivity index (χ0n) is 7.66. The molecule has 1 aliphatic rings. The van der Waals surface area contributed by atoms with Crippen LogP contribution in [0.1, 0.15) is 5.56 Å². The summed E-state index contributed by atoms with van der Waals surface area (Å²) in [6.45, 7) is 1.84. The molecule has 0 radical (unpaired) electrons. The maximum absolute atomic E-state index is 12.8. The molecule has 0 atom stereocenters. The molecule has 2 amide bonds. The lowest BCUT2D eigenvalue weighted by molar-refractivity contribution is 0.215. The number of rotatable bonds is 2. The number of hydrogen-bond acceptors (Lipinski definition) is 1. The van der Waals surface area contributed by atoms with E-state index in [0.717, 1.165) is 5.56 Å². The first-order valence-electron chi connectivity index (χ1n) is 4.53. The van der Waals surface area contributed by atoms with Gasteiger partial charge in [0.1, 0.15) is 5.82 Å². The highest BCUT2D eigenvalue weighted by atomic mass is 19.1. The van der Waals surface area contributed by atoms with Gasteiger partial charge in [0.05, 0.1) is 0 Å². The second-order valence-electron chi connectivity index (χ2n) is 3.28. The number of carbonyl (C=O) groups is 1. The average Bonchev–Trinajstić information content (AvgIpc) is 2.52. The summed E-state index contributed by atoms with van der Waals surface area (Å²) >= 11 is 0. The third kappa shape index (κ3) is 1.84. The van der Waals surface area contributed by atoms with Crippen molar-refractivity contribution in [3.05, 3.63) is 35.6 Å².